The number of hydrogen-bond donors (Lipinski definition) is 2. The molecule has 1 aliphatic heterocycles. The van der Waals surface area contributed by atoms with Crippen molar-refractivity contribution in [3.05, 3.63) is 24.3 Å². The van der Waals surface area contributed by atoms with Gasteiger partial charge in [0.05, 0.1) is 5.69 Å². The van der Waals surface area contributed by atoms with Gasteiger partial charge in [0.2, 0.25) is 0 Å². The lowest BCUT2D eigenvalue weighted by molar-refractivity contribution is -0.274. The molecule has 5 fully saturated rings. The molecule has 0 amide bonds. The number of aromatic nitrogens is 3. The maximum atomic E-state index is 13.7. The van der Waals surface area contributed by atoms with Crippen molar-refractivity contribution in [3.8, 4) is 17.0 Å². The lowest BCUT2D eigenvalue weighted by atomic mass is 9.76. The van der Waals surface area contributed by atoms with Gasteiger partial charge in [-0.25, -0.2) is 18.7 Å². The predicted octanol–water partition coefficient (Wildman–Crippen LogP) is 4.48. The molecule has 2 aromatic heterocycles. The highest BCUT2D eigenvalue weighted by atomic mass is 19.4. The molecule has 4 aliphatic carbocycles. The predicted molar refractivity (Wildman–Crippen MR) is 119 cm³/mol. The van der Waals surface area contributed by atoms with E-state index in [0.717, 1.165) is 38.2 Å². The maximum absolute atomic E-state index is 13.7. The molecule has 0 spiro atoms. The Bertz CT molecular complexity index is 1150. The highest BCUT2D eigenvalue weighted by molar-refractivity contribution is 5.64. The van der Waals surface area contributed by atoms with Crippen LogP contribution in [-0.4, -0.2) is 56.0 Å². The fourth-order valence-corrected chi connectivity index (χ4v) is 6.36. The number of hydrogen-bond acceptors (Lipinski definition) is 6. The summed E-state index contributed by atoms with van der Waals surface area (Å²) in [7, 11) is 0. The number of halogens is 5. The van der Waals surface area contributed by atoms with Gasteiger partial charge >= 0.3 is 6.36 Å². The molecule has 36 heavy (non-hydrogen) atoms. The van der Waals surface area contributed by atoms with Crippen LogP contribution >= 0.6 is 0 Å². The number of fused-ring (bicyclic) bond motifs is 1. The zero-order valence-corrected chi connectivity index (χ0v) is 19.5. The van der Waals surface area contributed by atoms with Gasteiger partial charge in [0.1, 0.15) is 11.9 Å². The van der Waals surface area contributed by atoms with Crippen LogP contribution in [0.2, 0.25) is 0 Å². The molecule has 3 heterocycles. The summed E-state index contributed by atoms with van der Waals surface area (Å²) in [6.45, 7) is 0.742. The highest BCUT2D eigenvalue weighted by Gasteiger charge is 2.60. The summed E-state index contributed by atoms with van der Waals surface area (Å²) in [6, 6.07) is 1.35. The largest absolute Gasteiger partial charge is 0.573 e. The minimum absolute atomic E-state index is 0.0986. The molecular formula is C24H28F5N5O2. The Balaban J connectivity index is 1.30. The van der Waals surface area contributed by atoms with Gasteiger partial charge in [-0.15, -0.1) is 13.2 Å². The molecule has 0 aromatic carbocycles. The molecule has 4 saturated carbocycles. The van der Waals surface area contributed by atoms with Gasteiger partial charge in [0.25, 0.3) is 5.92 Å². The zero-order chi connectivity index (χ0) is 25.5. The van der Waals surface area contributed by atoms with E-state index in [0.29, 0.717) is 36.1 Å². The second-order valence-corrected chi connectivity index (χ2v) is 10.8. The van der Waals surface area contributed by atoms with Gasteiger partial charge in [0, 0.05) is 55.5 Å². The van der Waals surface area contributed by atoms with E-state index < -0.39 is 24.1 Å². The Morgan fingerprint density at radius 2 is 1.83 bits per heavy atom. The monoisotopic (exact) mass is 513 g/mol. The van der Waals surface area contributed by atoms with Crippen LogP contribution in [0.4, 0.5) is 27.8 Å². The Morgan fingerprint density at radius 3 is 2.47 bits per heavy atom. The second kappa shape index (κ2) is 8.01. The number of alkyl halides is 5. The average Bonchev–Trinajstić information content (AvgIpc) is 3.26. The van der Waals surface area contributed by atoms with Crippen LogP contribution in [-0.2, 0) is 5.54 Å². The minimum atomic E-state index is -4.92. The minimum Gasteiger partial charge on any atom is -0.402 e. The van der Waals surface area contributed by atoms with Crippen LogP contribution in [0.5, 0.6) is 5.75 Å². The number of rotatable bonds is 6. The van der Waals surface area contributed by atoms with Crippen LogP contribution in [0, 0.1) is 11.8 Å². The summed E-state index contributed by atoms with van der Waals surface area (Å²) in [6.07, 6.45) is 1.40. The second-order valence-electron chi connectivity index (χ2n) is 10.8. The first kappa shape index (κ1) is 23.9. The van der Waals surface area contributed by atoms with Gasteiger partial charge in [-0.1, -0.05) is 0 Å². The normalized spacial score (nSPS) is 30.7. The van der Waals surface area contributed by atoms with Gasteiger partial charge < -0.3 is 20.1 Å². The van der Waals surface area contributed by atoms with Crippen molar-refractivity contribution in [3.63, 3.8) is 0 Å². The topological polar surface area (TPSA) is 89.4 Å². The van der Waals surface area contributed by atoms with Crippen molar-refractivity contribution in [2.45, 2.75) is 74.9 Å². The smallest absolute Gasteiger partial charge is 0.402 e. The van der Waals surface area contributed by atoms with E-state index in [1.807, 2.05) is 4.57 Å². The zero-order valence-electron chi connectivity index (χ0n) is 19.5. The maximum Gasteiger partial charge on any atom is 0.573 e. The third-order valence-corrected chi connectivity index (χ3v) is 8.40. The van der Waals surface area contributed by atoms with E-state index in [2.05, 4.69) is 19.6 Å². The quantitative estimate of drug-likeness (QED) is 0.554. The Kier molecular flexibility index (Phi) is 5.32. The van der Waals surface area contributed by atoms with Crippen LogP contribution < -0.4 is 10.5 Å². The number of ether oxygens (including phenoxy) is 1. The van der Waals surface area contributed by atoms with E-state index in [9.17, 15) is 27.1 Å². The molecule has 2 aromatic rings. The molecule has 2 bridgehead atoms. The van der Waals surface area contributed by atoms with Gasteiger partial charge in [-0.3, -0.25) is 4.90 Å². The number of nitrogens with two attached hydrogens (primary N) is 1. The number of aliphatic hydroxyl groups excluding tert-OH is 1. The van der Waals surface area contributed by atoms with Gasteiger partial charge in [0.15, 0.2) is 11.6 Å². The van der Waals surface area contributed by atoms with Crippen LogP contribution in [0.3, 0.4) is 0 Å². The first-order chi connectivity index (χ1) is 16.9. The van der Waals surface area contributed by atoms with Crippen molar-refractivity contribution < 1.29 is 31.8 Å². The Morgan fingerprint density at radius 1 is 1.14 bits per heavy atom. The fourth-order valence-electron chi connectivity index (χ4n) is 6.36. The molecule has 0 radical (unpaired) electrons. The lowest BCUT2D eigenvalue weighted by Gasteiger charge is -2.42. The summed E-state index contributed by atoms with van der Waals surface area (Å²) in [5.41, 5.74) is 5.96. The Labute approximate surface area is 204 Å². The molecule has 2 atom stereocenters. The Hall–Kier alpha value is -2.47. The first-order valence-electron chi connectivity index (χ1n) is 12.3. The molecule has 7 nitrogen and oxygen atoms in total. The van der Waals surface area contributed by atoms with Crippen molar-refractivity contribution in [1.82, 2.24) is 19.4 Å². The SMILES string of the molecule is Nc1ncc(-c2cn(C34CC(C3)[C@@H](N3CCC(F)(F)CC3)C4)c([C@H](O)C3CC3)n2)cc1OC(F)(F)F. The van der Waals surface area contributed by atoms with E-state index in [1.54, 1.807) is 6.20 Å². The summed E-state index contributed by atoms with van der Waals surface area (Å²) in [5.74, 6) is -2.62. The highest BCUT2D eigenvalue weighted by Crippen LogP contribution is 2.60. The molecule has 0 unspecified atom stereocenters. The fraction of sp³-hybridized carbons (Fsp3) is 0.667. The summed E-state index contributed by atoms with van der Waals surface area (Å²) in [4.78, 5) is 10.7. The molecule has 1 saturated heterocycles. The van der Waals surface area contributed by atoms with Crippen LogP contribution in [0.25, 0.3) is 11.3 Å². The summed E-state index contributed by atoms with van der Waals surface area (Å²) >= 11 is 0. The third kappa shape index (κ3) is 4.21. The average molecular weight is 514 g/mol. The molecule has 12 heteroatoms. The van der Waals surface area contributed by atoms with Crippen molar-refractivity contribution in [2.24, 2.45) is 11.8 Å². The third-order valence-electron chi connectivity index (χ3n) is 8.40. The number of likely N-dealkylation sites (tertiary alicyclic amines) is 1. The number of piperidine rings is 1. The van der Waals surface area contributed by atoms with Crippen LogP contribution in [0.15, 0.2) is 18.5 Å². The number of pyridine rings is 1. The van der Waals surface area contributed by atoms with E-state index in [1.165, 1.54) is 6.20 Å². The molecule has 5 aliphatic rings. The number of imidazole rings is 1. The lowest BCUT2D eigenvalue weighted by Crippen LogP contribution is -2.46. The number of nitrogens with zero attached hydrogens (tertiary/aromatic N) is 4. The molecule has 7 rings (SSSR count). The van der Waals surface area contributed by atoms with Crippen molar-refractivity contribution in [2.75, 3.05) is 18.8 Å². The summed E-state index contributed by atoms with van der Waals surface area (Å²) in [5, 5.41) is 11.0. The molecule has 3 N–H and O–H groups in total. The number of aliphatic hydroxyl groups is 1. The molecule has 196 valence electrons. The van der Waals surface area contributed by atoms with E-state index in [-0.39, 0.29) is 36.2 Å². The van der Waals surface area contributed by atoms with Gasteiger partial charge in [-0.2, -0.15) is 0 Å². The summed E-state index contributed by atoms with van der Waals surface area (Å²) < 4.78 is 71.9. The number of anilines is 1. The standard InChI is InChI=1S/C24H28F5N5O2/c25-23(26)3-5-33(6-4-23)17-10-22(8-15(17)9-22)34-12-16(32-21(34)19(35)13-1-2-13)14-7-18(20(30)31-11-14)36-24(27,28)29/h7,11-13,15,17,19,35H,1-6,8-10H2,(H2,30,31)/t15?,17-,19+,22?/m0/s1. The number of nitrogen functional groups attached to an aromatic ring is 1. The van der Waals surface area contributed by atoms with Crippen molar-refractivity contribution >= 4 is 5.82 Å². The van der Waals surface area contributed by atoms with Gasteiger partial charge in [-0.05, 0) is 50.0 Å². The van der Waals surface area contributed by atoms with Crippen LogP contribution in [0.1, 0.15) is 56.9 Å². The molecular weight excluding hydrogens is 485 g/mol. The van der Waals surface area contributed by atoms with Crippen molar-refractivity contribution in [1.29, 1.82) is 0 Å². The van der Waals surface area contributed by atoms with E-state index >= 15 is 0 Å². The van der Waals surface area contributed by atoms with E-state index in [4.69, 9.17) is 5.73 Å². The first-order valence-corrected chi connectivity index (χ1v) is 12.3.